The standard InChI is InChI=1S/C19H22FN3O/c1-22(2)12-5-13-24-19-17-6-3-4-7-18(17)23(21-19)14-15-8-10-16(20)11-9-15/h3-4,6-11H,5,12-14H2,1-2H3. The van der Waals surface area contributed by atoms with Gasteiger partial charge in [0, 0.05) is 6.54 Å². The van der Waals surface area contributed by atoms with E-state index < -0.39 is 0 Å². The van der Waals surface area contributed by atoms with E-state index in [9.17, 15) is 4.39 Å². The number of aromatic nitrogens is 2. The first-order valence-corrected chi connectivity index (χ1v) is 8.11. The number of rotatable bonds is 7. The summed E-state index contributed by atoms with van der Waals surface area (Å²) in [4.78, 5) is 2.13. The van der Waals surface area contributed by atoms with Crippen LogP contribution in [0.3, 0.4) is 0 Å². The molecule has 0 bridgehead atoms. The van der Waals surface area contributed by atoms with Crippen molar-refractivity contribution in [2.24, 2.45) is 0 Å². The highest BCUT2D eigenvalue weighted by Crippen LogP contribution is 2.25. The fraction of sp³-hybridized carbons (Fsp3) is 0.316. The first-order valence-electron chi connectivity index (χ1n) is 8.11. The number of ether oxygens (including phenoxy) is 1. The normalized spacial score (nSPS) is 11.3. The van der Waals surface area contributed by atoms with Crippen LogP contribution in [-0.4, -0.2) is 41.9 Å². The van der Waals surface area contributed by atoms with Crippen molar-refractivity contribution >= 4 is 10.9 Å². The van der Waals surface area contributed by atoms with E-state index in [0.717, 1.165) is 29.4 Å². The van der Waals surface area contributed by atoms with Crippen molar-refractivity contribution in [1.82, 2.24) is 14.7 Å². The zero-order valence-corrected chi connectivity index (χ0v) is 14.1. The molecule has 1 aromatic heterocycles. The van der Waals surface area contributed by atoms with Crippen molar-refractivity contribution in [2.75, 3.05) is 27.2 Å². The van der Waals surface area contributed by atoms with Gasteiger partial charge in [0.2, 0.25) is 5.88 Å². The summed E-state index contributed by atoms with van der Waals surface area (Å²) >= 11 is 0. The Morgan fingerprint density at radius 2 is 1.83 bits per heavy atom. The van der Waals surface area contributed by atoms with Crippen molar-refractivity contribution in [3.63, 3.8) is 0 Å². The van der Waals surface area contributed by atoms with Crippen LogP contribution in [0.1, 0.15) is 12.0 Å². The van der Waals surface area contributed by atoms with Crippen LogP contribution in [-0.2, 0) is 6.54 Å². The Kier molecular flexibility index (Phi) is 5.11. The first kappa shape index (κ1) is 16.5. The highest BCUT2D eigenvalue weighted by molar-refractivity contribution is 5.84. The van der Waals surface area contributed by atoms with Crippen LogP contribution in [0.2, 0.25) is 0 Å². The van der Waals surface area contributed by atoms with Crippen molar-refractivity contribution in [3.8, 4) is 5.88 Å². The van der Waals surface area contributed by atoms with E-state index in [2.05, 4.69) is 10.00 Å². The molecule has 0 fully saturated rings. The summed E-state index contributed by atoms with van der Waals surface area (Å²) < 4.78 is 20.9. The summed E-state index contributed by atoms with van der Waals surface area (Å²) in [5.74, 6) is 0.431. The smallest absolute Gasteiger partial charge is 0.240 e. The maximum Gasteiger partial charge on any atom is 0.240 e. The SMILES string of the molecule is CN(C)CCCOc1nn(Cc2ccc(F)cc2)c2ccccc12. The van der Waals surface area contributed by atoms with Crippen molar-refractivity contribution < 1.29 is 9.13 Å². The van der Waals surface area contributed by atoms with Gasteiger partial charge < -0.3 is 9.64 Å². The van der Waals surface area contributed by atoms with E-state index in [1.807, 2.05) is 43.0 Å². The predicted octanol–water partition coefficient (Wildman–Crippen LogP) is 3.55. The first-order chi connectivity index (χ1) is 11.6. The summed E-state index contributed by atoms with van der Waals surface area (Å²) in [6.07, 6.45) is 0.951. The van der Waals surface area contributed by atoms with Gasteiger partial charge in [0.15, 0.2) is 0 Å². The maximum atomic E-state index is 13.1. The lowest BCUT2D eigenvalue weighted by Crippen LogP contribution is -2.15. The van der Waals surface area contributed by atoms with Gasteiger partial charge in [-0.1, -0.05) is 24.3 Å². The number of para-hydroxylation sites is 1. The molecule has 3 aromatic rings. The van der Waals surface area contributed by atoms with Gasteiger partial charge in [-0.15, -0.1) is 5.10 Å². The molecule has 0 saturated carbocycles. The second-order valence-corrected chi connectivity index (χ2v) is 6.11. The Hall–Kier alpha value is -2.40. The van der Waals surface area contributed by atoms with Gasteiger partial charge in [-0.05, 0) is 50.3 Å². The Morgan fingerprint density at radius 1 is 1.08 bits per heavy atom. The fourth-order valence-corrected chi connectivity index (χ4v) is 2.64. The third-order valence-corrected chi connectivity index (χ3v) is 3.86. The van der Waals surface area contributed by atoms with Crippen molar-refractivity contribution in [3.05, 3.63) is 59.9 Å². The molecule has 0 aliphatic heterocycles. The van der Waals surface area contributed by atoms with Gasteiger partial charge in [-0.2, -0.15) is 0 Å². The minimum atomic E-state index is -0.228. The van der Waals surface area contributed by atoms with E-state index in [1.54, 1.807) is 12.1 Å². The molecule has 0 saturated heterocycles. The van der Waals surface area contributed by atoms with Crippen LogP contribution in [0.5, 0.6) is 5.88 Å². The number of nitrogens with zero attached hydrogens (tertiary/aromatic N) is 3. The van der Waals surface area contributed by atoms with E-state index in [1.165, 1.54) is 12.1 Å². The molecular formula is C19H22FN3O. The number of halogens is 1. The third kappa shape index (κ3) is 3.92. The average molecular weight is 327 g/mol. The summed E-state index contributed by atoms with van der Waals surface area (Å²) in [5, 5.41) is 5.61. The average Bonchev–Trinajstić information content (AvgIpc) is 2.92. The molecule has 2 aromatic carbocycles. The van der Waals surface area contributed by atoms with E-state index in [0.29, 0.717) is 19.0 Å². The van der Waals surface area contributed by atoms with Crippen LogP contribution in [0.4, 0.5) is 4.39 Å². The molecular weight excluding hydrogens is 305 g/mol. The van der Waals surface area contributed by atoms with Gasteiger partial charge in [0.05, 0.1) is 24.1 Å². The molecule has 126 valence electrons. The van der Waals surface area contributed by atoms with Gasteiger partial charge in [0.25, 0.3) is 0 Å². The molecule has 24 heavy (non-hydrogen) atoms. The fourth-order valence-electron chi connectivity index (χ4n) is 2.64. The van der Waals surface area contributed by atoms with Crippen LogP contribution in [0.25, 0.3) is 10.9 Å². The second-order valence-electron chi connectivity index (χ2n) is 6.11. The molecule has 0 atom stereocenters. The number of hydrogen-bond donors (Lipinski definition) is 0. The summed E-state index contributed by atoms with van der Waals surface area (Å²) in [5.41, 5.74) is 2.02. The minimum Gasteiger partial charge on any atom is -0.476 e. The molecule has 0 spiro atoms. The Labute approximate surface area is 141 Å². The molecule has 0 amide bonds. The Morgan fingerprint density at radius 3 is 2.58 bits per heavy atom. The molecule has 5 heteroatoms. The minimum absolute atomic E-state index is 0.228. The molecule has 0 N–H and O–H groups in total. The summed E-state index contributed by atoms with van der Waals surface area (Å²) in [6, 6.07) is 14.5. The van der Waals surface area contributed by atoms with Crippen LogP contribution in [0, 0.1) is 5.82 Å². The molecule has 0 aliphatic carbocycles. The largest absolute Gasteiger partial charge is 0.476 e. The maximum absolute atomic E-state index is 13.1. The molecule has 0 radical (unpaired) electrons. The predicted molar refractivity (Wildman–Crippen MR) is 93.9 cm³/mol. The Balaban J connectivity index is 1.79. The Bertz CT molecular complexity index is 796. The monoisotopic (exact) mass is 327 g/mol. The molecule has 0 unspecified atom stereocenters. The zero-order valence-electron chi connectivity index (χ0n) is 14.1. The summed E-state index contributed by atoms with van der Waals surface area (Å²) in [6.45, 7) is 2.20. The van der Waals surface area contributed by atoms with Crippen LogP contribution < -0.4 is 4.74 Å². The van der Waals surface area contributed by atoms with E-state index >= 15 is 0 Å². The number of fused-ring (bicyclic) bond motifs is 1. The molecule has 0 aliphatic rings. The van der Waals surface area contributed by atoms with E-state index in [-0.39, 0.29) is 5.82 Å². The van der Waals surface area contributed by atoms with Crippen LogP contribution >= 0.6 is 0 Å². The van der Waals surface area contributed by atoms with E-state index in [4.69, 9.17) is 4.74 Å². The van der Waals surface area contributed by atoms with Crippen LogP contribution in [0.15, 0.2) is 48.5 Å². The lowest BCUT2D eigenvalue weighted by molar-refractivity contribution is 0.273. The van der Waals surface area contributed by atoms with Crippen molar-refractivity contribution in [2.45, 2.75) is 13.0 Å². The number of hydrogen-bond acceptors (Lipinski definition) is 3. The van der Waals surface area contributed by atoms with Gasteiger partial charge in [-0.25, -0.2) is 4.39 Å². The second kappa shape index (κ2) is 7.45. The lowest BCUT2D eigenvalue weighted by atomic mass is 10.2. The lowest BCUT2D eigenvalue weighted by Gasteiger charge is -2.09. The van der Waals surface area contributed by atoms with Crippen molar-refractivity contribution in [1.29, 1.82) is 0 Å². The topological polar surface area (TPSA) is 30.3 Å². The third-order valence-electron chi connectivity index (χ3n) is 3.86. The highest BCUT2D eigenvalue weighted by Gasteiger charge is 2.11. The molecule has 3 rings (SSSR count). The number of benzene rings is 2. The van der Waals surface area contributed by atoms with Gasteiger partial charge >= 0.3 is 0 Å². The summed E-state index contributed by atoms with van der Waals surface area (Å²) in [7, 11) is 4.10. The quantitative estimate of drug-likeness (QED) is 0.622. The highest BCUT2D eigenvalue weighted by atomic mass is 19.1. The van der Waals surface area contributed by atoms with Gasteiger partial charge in [-0.3, -0.25) is 4.68 Å². The van der Waals surface area contributed by atoms with Gasteiger partial charge in [0.1, 0.15) is 5.82 Å². The zero-order chi connectivity index (χ0) is 16.9. The molecule has 4 nitrogen and oxygen atoms in total. The molecule has 1 heterocycles.